The number of nitrogens with one attached hydrogen (secondary N) is 1. The number of nitrogens with zero attached hydrogens (tertiary/aromatic N) is 2. The number of rotatable bonds is 7. The van der Waals surface area contributed by atoms with Crippen molar-refractivity contribution in [2.45, 2.75) is 18.6 Å². The Morgan fingerprint density at radius 1 is 0.733 bits per heavy atom. The second-order valence-corrected chi connectivity index (χ2v) is 11.5. The molecular weight excluding hydrogens is 552 g/mol. The molecule has 0 saturated heterocycles. The van der Waals surface area contributed by atoms with Crippen molar-refractivity contribution in [3.05, 3.63) is 169 Å². The van der Waals surface area contributed by atoms with Crippen molar-refractivity contribution in [2.24, 2.45) is 17.6 Å². The number of hydrogen-bond acceptors (Lipinski definition) is 5. The summed E-state index contributed by atoms with van der Waals surface area (Å²) >= 11 is 0. The van der Waals surface area contributed by atoms with Crippen molar-refractivity contribution in [1.82, 2.24) is 9.97 Å². The summed E-state index contributed by atoms with van der Waals surface area (Å²) in [6, 6.07) is 28.9. The molecule has 4 unspecified atom stereocenters. The lowest BCUT2D eigenvalue weighted by Gasteiger charge is -2.24. The smallest absolute Gasteiger partial charge is 0.214 e. The lowest BCUT2D eigenvalue weighted by atomic mass is 9.83. The van der Waals surface area contributed by atoms with Gasteiger partial charge in [-0.05, 0) is 41.3 Å². The van der Waals surface area contributed by atoms with Crippen LogP contribution in [0.4, 0.5) is 0 Å². The highest BCUT2D eigenvalue weighted by Gasteiger charge is 2.23. The third-order valence-corrected chi connectivity index (χ3v) is 8.46. The maximum Gasteiger partial charge on any atom is 0.214 e. The van der Waals surface area contributed by atoms with Gasteiger partial charge in [0.15, 0.2) is 12.1 Å². The number of aromatic nitrogens is 2. The van der Waals surface area contributed by atoms with Gasteiger partial charge in [-0.25, -0.2) is 9.97 Å². The Morgan fingerprint density at radius 2 is 1.49 bits per heavy atom. The molecule has 4 atom stereocenters. The Labute approximate surface area is 264 Å². The molecule has 7 rings (SSSR count). The SMILES string of the molecule is N=C(OC(N)c1cc(-c2cccc(-c3ccccc3)c2)nc(-c2cccc(C3C=CC=CC3)c2)n1)C1=CC2C=CC=CC2C=C1. The third kappa shape index (κ3) is 6.30. The predicted octanol–water partition coefficient (Wildman–Crippen LogP) is 8.88. The fourth-order valence-corrected chi connectivity index (χ4v) is 6.00. The van der Waals surface area contributed by atoms with Gasteiger partial charge in [0.05, 0.1) is 5.69 Å². The summed E-state index contributed by atoms with van der Waals surface area (Å²) in [6.07, 6.45) is 23.1. The van der Waals surface area contributed by atoms with Crippen LogP contribution in [-0.4, -0.2) is 15.9 Å². The summed E-state index contributed by atoms with van der Waals surface area (Å²) in [6.45, 7) is 0. The van der Waals surface area contributed by atoms with Crippen LogP contribution in [0.15, 0.2) is 157 Å². The van der Waals surface area contributed by atoms with Gasteiger partial charge in [-0.15, -0.1) is 0 Å². The van der Waals surface area contributed by atoms with Gasteiger partial charge in [0.1, 0.15) is 5.69 Å². The molecule has 0 saturated carbocycles. The third-order valence-electron chi connectivity index (χ3n) is 8.46. The van der Waals surface area contributed by atoms with E-state index in [1.54, 1.807) is 0 Å². The number of allylic oxidation sites excluding steroid dienone is 10. The molecule has 4 aromatic rings. The van der Waals surface area contributed by atoms with E-state index in [9.17, 15) is 0 Å². The molecule has 1 aromatic heterocycles. The average Bonchev–Trinajstić information content (AvgIpc) is 3.12. The summed E-state index contributed by atoms with van der Waals surface area (Å²) in [5.41, 5.74) is 13.9. The van der Waals surface area contributed by atoms with Crippen molar-refractivity contribution < 1.29 is 4.74 Å². The maximum atomic E-state index is 8.75. The molecule has 3 aromatic carbocycles. The van der Waals surface area contributed by atoms with Gasteiger partial charge in [-0.2, -0.15) is 0 Å². The summed E-state index contributed by atoms with van der Waals surface area (Å²) in [5.74, 6) is 1.39. The Kier molecular flexibility index (Phi) is 8.00. The lowest BCUT2D eigenvalue weighted by Crippen LogP contribution is -2.22. The van der Waals surface area contributed by atoms with Crippen molar-refractivity contribution in [3.63, 3.8) is 0 Å². The minimum absolute atomic E-state index is 0.0204. The van der Waals surface area contributed by atoms with Gasteiger partial charge in [0.2, 0.25) is 5.90 Å². The maximum absolute atomic E-state index is 8.75. The second kappa shape index (κ2) is 12.7. The van der Waals surface area contributed by atoms with Crippen LogP contribution in [0.2, 0.25) is 0 Å². The highest BCUT2D eigenvalue weighted by atomic mass is 16.5. The van der Waals surface area contributed by atoms with E-state index in [1.165, 1.54) is 5.56 Å². The van der Waals surface area contributed by atoms with Gasteiger partial charge < -0.3 is 4.74 Å². The van der Waals surface area contributed by atoms with Gasteiger partial charge in [-0.1, -0.05) is 134 Å². The van der Waals surface area contributed by atoms with Crippen LogP contribution in [0, 0.1) is 17.2 Å². The van der Waals surface area contributed by atoms with Crippen LogP contribution in [0.1, 0.15) is 29.8 Å². The predicted molar refractivity (Wildman–Crippen MR) is 182 cm³/mol. The van der Waals surface area contributed by atoms with Gasteiger partial charge in [-0.3, -0.25) is 11.1 Å². The molecule has 0 bridgehead atoms. The molecule has 5 heteroatoms. The van der Waals surface area contributed by atoms with E-state index in [4.69, 9.17) is 25.8 Å². The molecule has 45 heavy (non-hydrogen) atoms. The van der Waals surface area contributed by atoms with Crippen LogP contribution in [0.25, 0.3) is 33.8 Å². The first-order chi connectivity index (χ1) is 22.1. The zero-order valence-corrected chi connectivity index (χ0v) is 24.8. The summed E-state index contributed by atoms with van der Waals surface area (Å²) in [4.78, 5) is 9.96. The van der Waals surface area contributed by atoms with E-state index in [-0.39, 0.29) is 11.8 Å². The Morgan fingerprint density at radius 3 is 2.33 bits per heavy atom. The monoisotopic (exact) mass is 586 g/mol. The molecule has 0 amide bonds. The summed E-state index contributed by atoms with van der Waals surface area (Å²) in [7, 11) is 0. The molecule has 0 aliphatic heterocycles. The summed E-state index contributed by atoms with van der Waals surface area (Å²) in [5, 5.41) is 8.75. The van der Waals surface area contributed by atoms with E-state index in [0.29, 0.717) is 28.9 Å². The molecule has 0 radical (unpaired) electrons. The molecule has 1 heterocycles. The van der Waals surface area contributed by atoms with E-state index in [2.05, 4.69) is 97.1 Å². The van der Waals surface area contributed by atoms with Crippen molar-refractivity contribution in [3.8, 4) is 33.8 Å². The Hall–Kier alpha value is -5.39. The Balaban J connectivity index is 1.24. The zero-order chi connectivity index (χ0) is 30.6. The number of fused-ring (bicyclic) bond motifs is 1. The largest absolute Gasteiger partial charge is 0.453 e. The molecule has 3 aliphatic rings. The van der Waals surface area contributed by atoms with E-state index >= 15 is 0 Å². The number of ether oxygens (including phenoxy) is 1. The molecular formula is C40H34N4O. The van der Waals surface area contributed by atoms with Crippen LogP contribution in [0.3, 0.4) is 0 Å². The number of benzene rings is 3. The van der Waals surface area contributed by atoms with Crippen molar-refractivity contribution in [1.29, 1.82) is 5.41 Å². The van der Waals surface area contributed by atoms with Crippen LogP contribution in [-0.2, 0) is 4.74 Å². The van der Waals surface area contributed by atoms with Crippen LogP contribution < -0.4 is 5.73 Å². The molecule has 5 nitrogen and oxygen atoms in total. The quantitative estimate of drug-likeness (QED) is 0.129. The van der Waals surface area contributed by atoms with Crippen molar-refractivity contribution >= 4 is 5.90 Å². The standard InChI is InChI=1S/C40H34N4O/c41-38(34-22-21-29-15-7-8-16-30(29)24-34)45-39(42)37-26-36(33-19-9-17-31(23-33)27-11-3-1-4-12-27)43-40(44-37)35-20-10-18-32(25-35)28-13-5-2-6-14-28/h1-13,15-26,28-30,39,41H,14,42H2. The first-order valence-corrected chi connectivity index (χ1v) is 15.4. The average molecular weight is 587 g/mol. The first-order valence-electron chi connectivity index (χ1n) is 15.4. The van der Waals surface area contributed by atoms with Crippen LogP contribution in [0.5, 0.6) is 0 Å². The molecule has 220 valence electrons. The van der Waals surface area contributed by atoms with Crippen molar-refractivity contribution in [2.75, 3.05) is 0 Å². The zero-order valence-electron chi connectivity index (χ0n) is 24.8. The molecule has 3 N–H and O–H groups in total. The van der Waals surface area contributed by atoms with E-state index in [0.717, 1.165) is 34.4 Å². The minimum Gasteiger partial charge on any atom is -0.453 e. The van der Waals surface area contributed by atoms with Gasteiger partial charge >= 0.3 is 0 Å². The normalized spacial score (nSPS) is 20.4. The lowest BCUT2D eigenvalue weighted by molar-refractivity contribution is 0.194. The fourth-order valence-electron chi connectivity index (χ4n) is 6.00. The van der Waals surface area contributed by atoms with Crippen LogP contribution >= 0.6 is 0 Å². The first kappa shape index (κ1) is 28.4. The highest BCUT2D eigenvalue weighted by molar-refractivity contribution is 5.94. The highest BCUT2D eigenvalue weighted by Crippen LogP contribution is 2.32. The van der Waals surface area contributed by atoms with Gasteiger partial charge in [0, 0.05) is 34.5 Å². The summed E-state index contributed by atoms with van der Waals surface area (Å²) < 4.78 is 6.04. The Bertz CT molecular complexity index is 1910. The minimum atomic E-state index is -0.960. The second-order valence-electron chi connectivity index (χ2n) is 11.5. The van der Waals surface area contributed by atoms with Gasteiger partial charge in [0.25, 0.3) is 0 Å². The topological polar surface area (TPSA) is 84.9 Å². The van der Waals surface area contributed by atoms with E-state index < -0.39 is 6.23 Å². The molecule has 3 aliphatic carbocycles. The van der Waals surface area contributed by atoms with E-state index in [1.807, 2.05) is 54.6 Å². The molecule has 0 spiro atoms. The molecule has 0 fully saturated rings. The number of hydrogen-bond donors (Lipinski definition) is 2. The number of nitrogens with two attached hydrogens (primary N) is 1. The fraction of sp³-hybridized carbons (Fsp3) is 0.125.